The number of carbonyl (C=O) groups excluding carboxylic acids is 1. The molecule has 0 bridgehead atoms. The van der Waals surface area contributed by atoms with Gasteiger partial charge in [-0.3, -0.25) is 4.79 Å². The molecule has 2 aliphatic heterocycles. The lowest BCUT2D eigenvalue weighted by molar-refractivity contribution is -0.123. The maximum Gasteiger partial charge on any atom is 0.195 e. The van der Waals surface area contributed by atoms with Crippen LogP contribution in [-0.4, -0.2) is 56.8 Å². The van der Waals surface area contributed by atoms with Gasteiger partial charge in [-0.15, -0.1) is 0 Å². The van der Waals surface area contributed by atoms with Crippen molar-refractivity contribution in [2.75, 3.05) is 6.61 Å². The van der Waals surface area contributed by atoms with Gasteiger partial charge in [-0.05, 0) is 13.0 Å². The van der Waals surface area contributed by atoms with Gasteiger partial charge >= 0.3 is 0 Å². The second-order valence-electron chi connectivity index (χ2n) is 4.28. The van der Waals surface area contributed by atoms with Gasteiger partial charge in [0.05, 0.1) is 23.6 Å². The summed E-state index contributed by atoms with van der Waals surface area (Å²) in [6.45, 7) is 1.52. The molecule has 0 saturated carbocycles. The molecule has 0 aliphatic carbocycles. The van der Waals surface area contributed by atoms with Crippen LogP contribution in [-0.2, 0) is 9.53 Å². The van der Waals surface area contributed by atoms with Crippen molar-refractivity contribution in [1.82, 2.24) is 4.90 Å². The average Bonchev–Trinajstić information content (AvgIpc) is 2.67. The fraction of sp³-hybridized carbons (Fsp3) is 0.636. The zero-order valence-electron chi connectivity index (χ0n) is 9.44. The molecule has 0 aromatic rings. The zero-order valence-corrected chi connectivity index (χ0v) is 10.3. The van der Waals surface area contributed by atoms with E-state index in [1.807, 2.05) is 0 Å². The van der Waals surface area contributed by atoms with Crippen molar-refractivity contribution in [3.8, 4) is 0 Å². The van der Waals surface area contributed by atoms with Crippen LogP contribution in [0, 0.1) is 0 Å². The SMILES string of the molecule is CC1C(=O)C(=S)C=CN1[C@H]1C[C@H](O)[C@@H](CO)O1. The second-order valence-corrected chi connectivity index (χ2v) is 4.72. The highest BCUT2D eigenvalue weighted by Crippen LogP contribution is 2.26. The van der Waals surface area contributed by atoms with Crippen LogP contribution in [0.5, 0.6) is 0 Å². The molecule has 0 amide bonds. The maximum absolute atomic E-state index is 11.7. The van der Waals surface area contributed by atoms with Crippen LogP contribution in [0.1, 0.15) is 13.3 Å². The van der Waals surface area contributed by atoms with Crippen LogP contribution >= 0.6 is 12.2 Å². The molecule has 5 nitrogen and oxygen atoms in total. The summed E-state index contributed by atoms with van der Waals surface area (Å²) in [5.41, 5.74) is 0. The van der Waals surface area contributed by atoms with Crippen LogP contribution in [0.3, 0.4) is 0 Å². The van der Waals surface area contributed by atoms with Crippen molar-refractivity contribution in [2.24, 2.45) is 0 Å². The lowest BCUT2D eigenvalue weighted by Gasteiger charge is -2.34. The molecule has 6 heteroatoms. The summed E-state index contributed by atoms with van der Waals surface area (Å²) in [4.78, 5) is 13.8. The molecule has 17 heavy (non-hydrogen) atoms. The summed E-state index contributed by atoms with van der Waals surface area (Å²) in [5, 5.41) is 18.7. The van der Waals surface area contributed by atoms with Crippen molar-refractivity contribution < 1.29 is 19.7 Å². The van der Waals surface area contributed by atoms with E-state index in [4.69, 9.17) is 22.1 Å². The third kappa shape index (κ3) is 2.26. The minimum atomic E-state index is -0.699. The molecule has 4 atom stereocenters. The van der Waals surface area contributed by atoms with E-state index in [9.17, 15) is 9.90 Å². The maximum atomic E-state index is 11.7. The van der Waals surface area contributed by atoms with Gasteiger partial charge in [-0.2, -0.15) is 0 Å². The molecule has 94 valence electrons. The minimum absolute atomic E-state index is 0.118. The predicted molar refractivity (Wildman–Crippen MR) is 64.4 cm³/mol. The number of aliphatic hydroxyl groups is 2. The summed E-state index contributed by atoms with van der Waals surface area (Å²) >= 11 is 4.91. The van der Waals surface area contributed by atoms with Crippen molar-refractivity contribution >= 4 is 22.9 Å². The Hall–Kier alpha value is -0.820. The van der Waals surface area contributed by atoms with Crippen LogP contribution < -0.4 is 0 Å². The van der Waals surface area contributed by atoms with E-state index >= 15 is 0 Å². The molecule has 0 aromatic heterocycles. The highest BCUT2D eigenvalue weighted by molar-refractivity contribution is 7.82. The molecule has 0 radical (unpaired) electrons. The third-order valence-electron chi connectivity index (χ3n) is 3.18. The van der Waals surface area contributed by atoms with Gasteiger partial charge in [0.15, 0.2) is 5.78 Å². The molecule has 1 unspecified atom stereocenters. The summed E-state index contributed by atoms with van der Waals surface area (Å²) in [6, 6.07) is -0.387. The standard InChI is InChI=1S/C11H15NO4S/c1-6-11(15)9(17)2-3-12(6)10-4-7(14)8(5-13)16-10/h2-3,6-8,10,13-14H,4-5H2,1H3/t6?,7-,8+,10+/m0/s1. The first-order valence-electron chi connectivity index (χ1n) is 5.52. The van der Waals surface area contributed by atoms with Gasteiger partial charge in [0.1, 0.15) is 12.3 Å². The van der Waals surface area contributed by atoms with Gasteiger partial charge in [-0.25, -0.2) is 0 Å². The Morgan fingerprint density at radius 3 is 2.94 bits per heavy atom. The molecule has 1 fully saturated rings. The van der Waals surface area contributed by atoms with Gasteiger partial charge in [0, 0.05) is 12.6 Å². The Balaban J connectivity index is 2.11. The zero-order chi connectivity index (χ0) is 12.6. The van der Waals surface area contributed by atoms with Crippen molar-refractivity contribution in [3.05, 3.63) is 12.3 Å². The smallest absolute Gasteiger partial charge is 0.195 e. The largest absolute Gasteiger partial charge is 0.394 e. The van der Waals surface area contributed by atoms with E-state index in [0.29, 0.717) is 11.3 Å². The van der Waals surface area contributed by atoms with E-state index in [0.717, 1.165) is 0 Å². The topological polar surface area (TPSA) is 70.0 Å². The quantitative estimate of drug-likeness (QED) is 0.657. The van der Waals surface area contributed by atoms with E-state index in [1.54, 1.807) is 24.1 Å². The number of hydrogen-bond donors (Lipinski definition) is 2. The highest BCUT2D eigenvalue weighted by atomic mass is 32.1. The molecule has 2 heterocycles. The molecule has 0 aromatic carbocycles. The number of carbonyl (C=O) groups is 1. The average molecular weight is 257 g/mol. The molecule has 1 saturated heterocycles. The van der Waals surface area contributed by atoms with Gasteiger partial charge in [0.25, 0.3) is 0 Å². The van der Waals surface area contributed by atoms with E-state index < -0.39 is 12.2 Å². The number of aliphatic hydroxyl groups excluding tert-OH is 2. The lowest BCUT2D eigenvalue weighted by Crippen LogP contribution is -2.47. The Bertz CT molecular complexity index is 370. The highest BCUT2D eigenvalue weighted by Gasteiger charge is 2.39. The minimum Gasteiger partial charge on any atom is -0.394 e. The normalized spacial score (nSPS) is 37.9. The molecule has 2 aliphatic rings. The fourth-order valence-corrected chi connectivity index (χ4v) is 2.35. The summed E-state index contributed by atoms with van der Waals surface area (Å²) in [7, 11) is 0. The van der Waals surface area contributed by atoms with E-state index in [-0.39, 0.29) is 24.7 Å². The van der Waals surface area contributed by atoms with Crippen molar-refractivity contribution in [1.29, 1.82) is 0 Å². The first-order chi connectivity index (χ1) is 8.04. The van der Waals surface area contributed by atoms with Crippen LogP contribution in [0.4, 0.5) is 0 Å². The third-order valence-corrected chi connectivity index (χ3v) is 3.52. The first-order valence-corrected chi connectivity index (χ1v) is 5.93. The number of rotatable bonds is 2. The monoisotopic (exact) mass is 257 g/mol. The first kappa shape index (κ1) is 12.6. The van der Waals surface area contributed by atoms with Crippen LogP contribution in [0.25, 0.3) is 0 Å². The number of nitrogens with zero attached hydrogens (tertiary/aromatic N) is 1. The number of thiocarbonyl (C=S) groups is 1. The summed E-state index contributed by atoms with van der Waals surface area (Å²) in [5.74, 6) is -0.118. The molecule has 0 spiro atoms. The Labute approximate surface area is 105 Å². The Morgan fingerprint density at radius 1 is 1.65 bits per heavy atom. The van der Waals surface area contributed by atoms with E-state index in [2.05, 4.69) is 0 Å². The number of ether oxygens (including phenoxy) is 1. The molecular weight excluding hydrogens is 242 g/mol. The predicted octanol–water partition coefficient (Wildman–Crippen LogP) is -0.389. The van der Waals surface area contributed by atoms with Crippen LogP contribution in [0.15, 0.2) is 12.3 Å². The Kier molecular flexibility index (Phi) is 3.58. The number of ketones is 1. The lowest BCUT2D eigenvalue weighted by atomic mass is 10.1. The summed E-state index contributed by atoms with van der Waals surface area (Å²) < 4.78 is 5.50. The van der Waals surface area contributed by atoms with Crippen molar-refractivity contribution in [2.45, 2.75) is 37.8 Å². The number of hydrogen-bond acceptors (Lipinski definition) is 6. The number of allylic oxidation sites excluding steroid dienone is 1. The van der Waals surface area contributed by atoms with E-state index in [1.165, 1.54) is 0 Å². The molecule has 2 rings (SSSR count). The van der Waals surface area contributed by atoms with Gasteiger partial charge < -0.3 is 19.8 Å². The fourth-order valence-electron chi connectivity index (χ4n) is 2.11. The van der Waals surface area contributed by atoms with Gasteiger partial charge in [-0.1, -0.05) is 12.2 Å². The summed E-state index contributed by atoms with van der Waals surface area (Å²) in [6.07, 6.45) is 1.99. The number of Topliss-reactive ketones (excluding diaryl/α,β-unsaturated/α-hetero) is 1. The van der Waals surface area contributed by atoms with Gasteiger partial charge in [0.2, 0.25) is 0 Å². The molecular formula is C11H15NO4S. The Morgan fingerprint density at radius 2 is 2.35 bits per heavy atom. The molecule has 2 N–H and O–H groups in total. The second kappa shape index (κ2) is 4.81. The van der Waals surface area contributed by atoms with Crippen molar-refractivity contribution in [3.63, 3.8) is 0 Å². The van der Waals surface area contributed by atoms with Crippen LogP contribution in [0.2, 0.25) is 0 Å².